The summed E-state index contributed by atoms with van der Waals surface area (Å²) in [5.74, 6) is 0.340. The lowest BCUT2D eigenvalue weighted by Crippen LogP contribution is -2.47. The molecule has 0 saturated carbocycles. The normalized spacial score (nSPS) is 14.2. The van der Waals surface area contributed by atoms with Crippen LogP contribution >= 0.6 is 0 Å². The summed E-state index contributed by atoms with van der Waals surface area (Å²) in [5, 5.41) is 0. The third kappa shape index (κ3) is 5.02. The lowest BCUT2D eigenvalue weighted by Gasteiger charge is -2.36. The van der Waals surface area contributed by atoms with E-state index in [4.69, 9.17) is 0 Å². The first-order valence-corrected chi connectivity index (χ1v) is 10.4. The molecule has 156 valence electrons. The fraction of sp³-hybridized carbons (Fsp3) is 0.500. The number of hydrogen-bond acceptors (Lipinski definition) is 5. The van der Waals surface area contributed by atoms with Crippen molar-refractivity contribution in [3.8, 4) is 0 Å². The predicted molar refractivity (Wildman–Crippen MR) is 114 cm³/mol. The maximum Gasteiger partial charge on any atom is 0.272 e. The van der Waals surface area contributed by atoms with Gasteiger partial charge in [0.2, 0.25) is 5.95 Å². The quantitative estimate of drug-likeness (QED) is 0.713. The number of anilines is 2. The van der Waals surface area contributed by atoms with Gasteiger partial charge in [-0.25, -0.2) is 14.4 Å². The zero-order chi connectivity index (χ0) is 20.8. The molecule has 0 radical (unpaired) electrons. The van der Waals surface area contributed by atoms with Gasteiger partial charge in [0.25, 0.3) is 5.91 Å². The summed E-state index contributed by atoms with van der Waals surface area (Å²) >= 11 is 0. The van der Waals surface area contributed by atoms with Crippen LogP contribution in [0.5, 0.6) is 0 Å². The van der Waals surface area contributed by atoms with E-state index in [1.165, 1.54) is 6.07 Å². The van der Waals surface area contributed by atoms with E-state index in [2.05, 4.69) is 28.7 Å². The molecule has 1 fully saturated rings. The van der Waals surface area contributed by atoms with Crippen LogP contribution in [0.1, 0.15) is 42.9 Å². The number of rotatable bonds is 7. The van der Waals surface area contributed by atoms with Crippen molar-refractivity contribution in [1.29, 1.82) is 0 Å². The van der Waals surface area contributed by atoms with Crippen LogP contribution in [0.2, 0.25) is 0 Å². The third-order valence-corrected chi connectivity index (χ3v) is 5.09. The molecule has 0 atom stereocenters. The minimum Gasteiger partial charge on any atom is -0.366 e. The number of para-hydroxylation sites is 1. The second-order valence-electron chi connectivity index (χ2n) is 7.41. The molecule has 1 aliphatic heterocycles. The van der Waals surface area contributed by atoms with Gasteiger partial charge in [-0.3, -0.25) is 4.79 Å². The standard InChI is InChI=1S/C22H30FN5O/c1-4-10-27(11-5-2)21(29)19-16-17(3)24-22(25-19)28-14-12-26(13-15-28)20-9-7-6-8-18(20)23/h6-9,16H,4-5,10-15H2,1-3H3. The summed E-state index contributed by atoms with van der Waals surface area (Å²) in [5.41, 5.74) is 1.86. The lowest BCUT2D eigenvalue weighted by molar-refractivity contribution is 0.0749. The topological polar surface area (TPSA) is 52.6 Å². The molecule has 0 N–H and O–H groups in total. The van der Waals surface area contributed by atoms with Crippen LogP contribution in [0.15, 0.2) is 30.3 Å². The average Bonchev–Trinajstić information content (AvgIpc) is 2.73. The highest BCUT2D eigenvalue weighted by atomic mass is 19.1. The fourth-order valence-corrected chi connectivity index (χ4v) is 3.68. The van der Waals surface area contributed by atoms with Crippen LogP contribution in [0, 0.1) is 12.7 Å². The minimum absolute atomic E-state index is 0.0366. The van der Waals surface area contributed by atoms with E-state index in [9.17, 15) is 9.18 Å². The van der Waals surface area contributed by atoms with Crippen LogP contribution in [0.25, 0.3) is 0 Å². The zero-order valence-electron chi connectivity index (χ0n) is 17.6. The summed E-state index contributed by atoms with van der Waals surface area (Å²) in [6.45, 7) is 10.2. The number of carbonyl (C=O) groups is 1. The van der Waals surface area contributed by atoms with Crippen molar-refractivity contribution in [1.82, 2.24) is 14.9 Å². The Morgan fingerprint density at radius 3 is 2.28 bits per heavy atom. The van der Waals surface area contributed by atoms with Crippen molar-refractivity contribution in [3.05, 3.63) is 47.5 Å². The molecule has 2 heterocycles. The Morgan fingerprint density at radius 2 is 1.66 bits per heavy atom. The molecular formula is C22H30FN5O. The minimum atomic E-state index is -0.201. The van der Waals surface area contributed by atoms with Gasteiger partial charge < -0.3 is 14.7 Å². The Kier molecular flexibility index (Phi) is 7.01. The van der Waals surface area contributed by atoms with E-state index in [-0.39, 0.29) is 11.7 Å². The molecule has 3 rings (SSSR count). The van der Waals surface area contributed by atoms with Crippen LogP contribution in [0.4, 0.5) is 16.0 Å². The zero-order valence-corrected chi connectivity index (χ0v) is 17.6. The van der Waals surface area contributed by atoms with Crippen molar-refractivity contribution in [2.75, 3.05) is 49.1 Å². The Labute approximate surface area is 172 Å². The highest BCUT2D eigenvalue weighted by Crippen LogP contribution is 2.22. The number of halogens is 1. The van der Waals surface area contributed by atoms with Crippen molar-refractivity contribution in [2.24, 2.45) is 0 Å². The number of carbonyl (C=O) groups excluding carboxylic acids is 1. The first-order chi connectivity index (χ1) is 14.0. The van der Waals surface area contributed by atoms with Crippen molar-refractivity contribution in [3.63, 3.8) is 0 Å². The van der Waals surface area contributed by atoms with Gasteiger partial charge >= 0.3 is 0 Å². The van der Waals surface area contributed by atoms with Gasteiger partial charge in [-0.1, -0.05) is 26.0 Å². The Bertz CT molecular complexity index is 830. The predicted octanol–water partition coefficient (Wildman–Crippen LogP) is 3.51. The maximum atomic E-state index is 14.1. The number of amides is 1. The average molecular weight is 400 g/mol. The highest BCUT2D eigenvalue weighted by Gasteiger charge is 2.23. The van der Waals surface area contributed by atoms with Crippen LogP contribution in [-0.2, 0) is 0 Å². The molecule has 7 heteroatoms. The van der Waals surface area contributed by atoms with E-state index >= 15 is 0 Å². The van der Waals surface area contributed by atoms with E-state index in [1.807, 2.05) is 22.8 Å². The molecule has 1 aromatic carbocycles. The summed E-state index contributed by atoms with van der Waals surface area (Å²) in [4.78, 5) is 28.1. The van der Waals surface area contributed by atoms with Crippen LogP contribution < -0.4 is 9.80 Å². The van der Waals surface area contributed by atoms with Gasteiger partial charge in [0.1, 0.15) is 11.5 Å². The molecule has 1 amide bonds. The molecule has 0 spiro atoms. The molecule has 2 aromatic rings. The molecule has 29 heavy (non-hydrogen) atoms. The molecule has 1 aromatic heterocycles. The monoisotopic (exact) mass is 399 g/mol. The smallest absolute Gasteiger partial charge is 0.272 e. The van der Waals surface area contributed by atoms with Gasteiger partial charge in [0, 0.05) is 45.0 Å². The largest absolute Gasteiger partial charge is 0.366 e. The molecule has 6 nitrogen and oxygen atoms in total. The number of nitrogens with zero attached hydrogens (tertiary/aromatic N) is 5. The van der Waals surface area contributed by atoms with Gasteiger partial charge in [0.05, 0.1) is 5.69 Å². The van der Waals surface area contributed by atoms with E-state index in [0.29, 0.717) is 43.5 Å². The van der Waals surface area contributed by atoms with Gasteiger partial charge in [0.15, 0.2) is 0 Å². The van der Waals surface area contributed by atoms with Crippen molar-refractivity contribution < 1.29 is 9.18 Å². The van der Waals surface area contributed by atoms with Gasteiger partial charge in [-0.2, -0.15) is 0 Å². The van der Waals surface area contributed by atoms with Gasteiger partial charge in [-0.15, -0.1) is 0 Å². The third-order valence-electron chi connectivity index (χ3n) is 5.09. The van der Waals surface area contributed by atoms with E-state index in [1.54, 1.807) is 18.2 Å². The SMILES string of the molecule is CCCN(CCC)C(=O)c1cc(C)nc(N2CCN(c3ccccc3F)CC2)n1. The van der Waals surface area contributed by atoms with Crippen molar-refractivity contribution >= 4 is 17.5 Å². The van der Waals surface area contributed by atoms with Crippen molar-refractivity contribution in [2.45, 2.75) is 33.6 Å². The molecule has 0 unspecified atom stereocenters. The summed E-state index contributed by atoms with van der Waals surface area (Å²) in [6.07, 6.45) is 1.83. The molecular weight excluding hydrogens is 369 g/mol. The molecule has 1 saturated heterocycles. The number of benzene rings is 1. The number of aromatic nitrogens is 2. The fourth-order valence-electron chi connectivity index (χ4n) is 3.68. The number of aryl methyl sites for hydroxylation is 1. The highest BCUT2D eigenvalue weighted by molar-refractivity contribution is 5.92. The second kappa shape index (κ2) is 9.67. The Hall–Kier alpha value is -2.70. The van der Waals surface area contributed by atoms with Crippen LogP contribution in [0.3, 0.4) is 0 Å². The molecule has 0 aliphatic carbocycles. The summed E-state index contributed by atoms with van der Waals surface area (Å²) < 4.78 is 14.1. The maximum absolute atomic E-state index is 14.1. The first kappa shape index (κ1) is 21.0. The van der Waals surface area contributed by atoms with E-state index in [0.717, 1.165) is 31.6 Å². The Balaban J connectivity index is 1.73. The van der Waals surface area contributed by atoms with Crippen LogP contribution in [-0.4, -0.2) is 60.0 Å². The molecule has 1 aliphatic rings. The number of hydrogen-bond donors (Lipinski definition) is 0. The summed E-state index contributed by atoms with van der Waals surface area (Å²) in [6, 6.07) is 8.61. The summed E-state index contributed by atoms with van der Waals surface area (Å²) in [7, 11) is 0. The second-order valence-corrected chi connectivity index (χ2v) is 7.41. The molecule has 0 bridgehead atoms. The Morgan fingerprint density at radius 1 is 1.03 bits per heavy atom. The van der Waals surface area contributed by atoms with E-state index < -0.39 is 0 Å². The first-order valence-electron chi connectivity index (χ1n) is 10.4. The number of piperazine rings is 1. The van der Waals surface area contributed by atoms with Gasteiger partial charge in [-0.05, 0) is 38.0 Å². The lowest BCUT2D eigenvalue weighted by atomic mass is 10.2.